The third-order valence-electron chi connectivity index (χ3n) is 5.66. The Balaban J connectivity index is 1.80. The molecule has 0 bridgehead atoms. The quantitative estimate of drug-likeness (QED) is 0.706. The van der Waals surface area contributed by atoms with E-state index >= 15 is 0 Å². The Labute approximate surface area is 173 Å². The second-order valence-electron chi connectivity index (χ2n) is 8.93. The zero-order valence-corrected chi connectivity index (χ0v) is 18.1. The Morgan fingerprint density at radius 2 is 1.82 bits per heavy atom. The first-order chi connectivity index (χ1) is 13.2. The number of hydrogen-bond acceptors (Lipinski definition) is 3. The topological polar surface area (TPSA) is 49.9 Å². The second kappa shape index (κ2) is 8.32. The van der Waals surface area contributed by atoms with Gasteiger partial charge in [-0.05, 0) is 64.7 Å². The highest BCUT2D eigenvalue weighted by Crippen LogP contribution is 2.31. The summed E-state index contributed by atoms with van der Waals surface area (Å²) >= 11 is 6.27. The fourth-order valence-corrected chi connectivity index (χ4v) is 4.43. The summed E-state index contributed by atoms with van der Waals surface area (Å²) in [5.74, 6) is 0.0305. The zero-order chi connectivity index (χ0) is 20.5. The molecule has 1 saturated carbocycles. The Hall–Kier alpha value is -1.75. The van der Waals surface area contributed by atoms with Crippen molar-refractivity contribution in [2.45, 2.75) is 77.5 Å². The van der Waals surface area contributed by atoms with Gasteiger partial charge in [-0.15, -0.1) is 0 Å². The van der Waals surface area contributed by atoms with Gasteiger partial charge in [0.05, 0.1) is 6.04 Å². The number of rotatable bonds is 3. The van der Waals surface area contributed by atoms with Crippen molar-refractivity contribution in [3.05, 3.63) is 34.3 Å². The molecular formula is C22H31ClN2O3. The van der Waals surface area contributed by atoms with Crippen LogP contribution in [-0.4, -0.2) is 52.6 Å². The molecule has 1 aromatic rings. The molecule has 2 amide bonds. The van der Waals surface area contributed by atoms with E-state index in [4.69, 9.17) is 16.3 Å². The van der Waals surface area contributed by atoms with Crippen molar-refractivity contribution < 1.29 is 14.3 Å². The summed E-state index contributed by atoms with van der Waals surface area (Å²) < 4.78 is 5.52. The van der Waals surface area contributed by atoms with Crippen molar-refractivity contribution >= 4 is 23.6 Å². The number of carbonyl (C=O) groups is 2. The molecule has 0 aromatic heterocycles. The van der Waals surface area contributed by atoms with Crippen LogP contribution in [0.3, 0.4) is 0 Å². The van der Waals surface area contributed by atoms with Gasteiger partial charge in [0.2, 0.25) is 0 Å². The number of hydrogen-bond donors (Lipinski definition) is 0. The lowest BCUT2D eigenvalue weighted by Gasteiger charge is -2.35. The minimum atomic E-state index is -0.520. The molecule has 1 atom stereocenters. The standard InChI is InChI=1S/C22H31ClN2O3/c1-15-18(10-7-11-19(15)23)20(26)25(16-8-5-6-9-16)17-12-13-24(14-17)21(27)28-22(2,3)4/h7,10-11,16-17H,5-6,8-9,12-14H2,1-4H3. The van der Waals surface area contributed by atoms with Crippen molar-refractivity contribution in [2.75, 3.05) is 13.1 Å². The first-order valence-electron chi connectivity index (χ1n) is 10.2. The SMILES string of the molecule is Cc1c(Cl)cccc1C(=O)N(C1CCCC1)C1CCN(C(=O)OC(C)(C)C)C1. The van der Waals surface area contributed by atoms with E-state index in [0.717, 1.165) is 37.7 Å². The monoisotopic (exact) mass is 406 g/mol. The van der Waals surface area contributed by atoms with E-state index in [9.17, 15) is 9.59 Å². The number of benzene rings is 1. The van der Waals surface area contributed by atoms with Crippen molar-refractivity contribution in [3.8, 4) is 0 Å². The average molecular weight is 407 g/mol. The van der Waals surface area contributed by atoms with E-state index in [1.807, 2.05) is 50.8 Å². The van der Waals surface area contributed by atoms with E-state index in [2.05, 4.69) is 0 Å². The Bertz CT molecular complexity index is 738. The first kappa shape index (κ1) is 21.0. The molecule has 1 aliphatic carbocycles. The van der Waals surface area contributed by atoms with Crippen molar-refractivity contribution in [2.24, 2.45) is 0 Å². The third-order valence-corrected chi connectivity index (χ3v) is 6.07. The first-order valence-corrected chi connectivity index (χ1v) is 10.6. The highest BCUT2D eigenvalue weighted by Gasteiger charge is 2.39. The molecule has 1 saturated heterocycles. The second-order valence-corrected chi connectivity index (χ2v) is 9.34. The Morgan fingerprint density at radius 3 is 2.46 bits per heavy atom. The van der Waals surface area contributed by atoms with E-state index in [1.54, 1.807) is 4.90 Å². The van der Waals surface area contributed by atoms with E-state index < -0.39 is 5.60 Å². The number of likely N-dealkylation sites (tertiary alicyclic amines) is 1. The van der Waals surface area contributed by atoms with Crippen LogP contribution in [0.1, 0.15) is 68.8 Å². The molecule has 3 rings (SSSR count). The molecule has 1 unspecified atom stereocenters. The van der Waals surface area contributed by atoms with Crippen LogP contribution in [0, 0.1) is 6.92 Å². The normalized spacial score (nSPS) is 20.5. The lowest BCUT2D eigenvalue weighted by Crippen LogP contribution is -2.48. The van der Waals surface area contributed by atoms with Crippen LogP contribution in [0.2, 0.25) is 5.02 Å². The summed E-state index contributed by atoms with van der Waals surface area (Å²) in [6, 6.07) is 5.74. The van der Waals surface area contributed by atoms with Gasteiger partial charge in [0.15, 0.2) is 0 Å². The number of amides is 2. The summed E-state index contributed by atoms with van der Waals surface area (Å²) in [6.07, 6.45) is 4.81. The van der Waals surface area contributed by atoms with Gasteiger partial charge in [-0.2, -0.15) is 0 Å². The van der Waals surface area contributed by atoms with E-state index in [1.165, 1.54) is 0 Å². The Kier molecular flexibility index (Phi) is 6.23. The van der Waals surface area contributed by atoms with Gasteiger partial charge in [0.1, 0.15) is 5.60 Å². The summed E-state index contributed by atoms with van der Waals surface area (Å²) in [5, 5.41) is 0.610. The summed E-state index contributed by atoms with van der Waals surface area (Å²) in [7, 11) is 0. The summed E-state index contributed by atoms with van der Waals surface area (Å²) in [5.41, 5.74) is 0.961. The van der Waals surface area contributed by atoms with Crippen LogP contribution >= 0.6 is 11.6 Å². The highest BCUT2D eigenvalue weighted by atomic mass is 35.5. The molecule has 0 N–H and O–H groups in total. The predicted molar refractivity (Wildman–Crippen MR) is 111 cm³/mol. The van der Waals surface area contributed by atoms with Crippen LogP contribution in [0.15, 0.2) is 18.2 Å². The van der Waals surface area contributed by atoms with Gasteiger partial charge < -0.3 is 14.5 Å². The summed E-state index contributed by atoms with van der Waals surface area (Å²) in [6.45, 7) is 8.64. The number of ether oxygens (including phenoxy) is 1. The van der Waals surface area contributed by atoms with Gasteiger partial charge in [0.25, 0.3) is 5.91 Å². The molecule has 1 aromatic carbocycles. The molecule has 0 radical (unpaired) electrons. The molecule has 1 aliphatic heterocycles. The van der Waals surface area contributed by atoms with Crippen LogP contribution in [0.5, 0.6) is 0 Å². The smallest absolute Gasteiger partial charge is 0.410 e. The molecular weight excluding hydrogens is 376 g/mol. The average Bonchev–Trinajstić information content (AvgIpc) is 3.28. The minimum absolute atomic E-state index is 0.0153. The molecule has 0 spiro atoms. The maximum absolute atomic E-state index is 13.5. The number of carbonyl (C=O) groups excluding carboxylic acids is 2. The largest absolute Gasteiger partial charge is 0.444 e. The Morgan fingerprint density at radius 1 is 1.14 bits per heavy atom. The highest BCUT2D eigenvalue weighted by molar-refractivity contribution is 6.31. The van der Waals surface area contributed by atoms with Crippen molar-refractivity contribution in [1.82, 2.24) is 9.80 Å². The number of nitrogens with zero attached hydrogens (tertiary/aromatic N) is 2. The minimum Gasteiger partial charge on any atom is -0.444 e. The summed E-state index contributed by atoms with van der Waals surface area (Å²) in [4.78, 5) is 29.8. The molecule has 154 valence electrons. The van der Waals surface area contributed by atoms with Crippen molar-refractivity contribution in [3.63, 3.8) is 0 Å². The van der Waals surface area contributed by atoms with Gasteiger partial charge >= 0.3 is 6.09 Å². The predicted octanol–water partition coefficient (Wildman–Crippen LogP) is 5.04. The lowest BCUT2D eigenvalue weighted by molar-refractivity contribution is 0.0265. The van der Waals surface area contributed by atoms with Crippen molar-refractivity contribution in [1.29, 1.82) is 0 Å². The van der Waals surface area contributed by atoms with Crippen LogP contribution in [0.25, 0.3) is 0 Å². The molecule has 28 heavy (non-hydrogen) atoms. The van der Waals surface area contributed by atoms with Gasteiger partial charge in [0, 0.05) is 29.7 Å². The van der Waals surface area contributed by atoms with E-state index in [-0.39, 0.29) is 24.1 Å². The van der Waals surface area contributed by atoms with Gasteiger partial charge in [-0.1, -0.05) is 30.5 Å². The molecule has 1 heterocycles. The molecule has 6 heteroatoms. The molecule has 2 fully saturated rings. The number of halogens is 1. The molecule has 2 aliphatic rings. The zero-order valence-electron chi connectivity index (χ0n) is 17.3. The fourth-order valence-electron chi connectivity index (χ4n) is 4.25. The van der Waals surface area contributed by atoms with Gasteiger partial charge in [-0.25, -0.2) is 4.79 Å². The molecule has 5 nitrogen and oxygen atoms in total. The maximum Gasteiger partial charge on any atom is 0.410 e. The van der Waals surface area contributed by atoms with E-state index in [0.29, 0.717) is 23.7 Å². The van der Waals surface area contributed by atoms with Crippen LogP contribution in [-0.2, 0) is 4.74 Å². The maximum atomic E-state index is 13.5. The van der Waals surface area contributed by atoms with Gasteiger partial charge in [-0.3, -0.25) is 4.79 Å². The van der Waals surface area contributed by atoms with Crippen LogP contribution < -0.4 is 0 Å². The fraction of sp³-hybridized carbons (Fsp3) is 0.636. The third kappa shape index (κ3) is 4.62. The van der Waals surface area contributed by atoms with Crippen LogP contribution in [0.4, 0.5) is 4.79 Å². The lowest BCUT2D eigenvalue weighted by atomic mass is 10.0.